The minimum Gasteiger partial charge on any atom is -0.303 e. The molecule has 0 saturated heterocycles. The third-order valence-electron chi connectivity index (χ3n) is 2.03. The van der Waals surface area contributed by atoms with Crippen LogP contribution in [0.1, 0.15) is 24.0 Å². The first-order chi connectivity index (χ1) is 6.86. The highest BCUT2D eigenvalue weighted by Crippen LogP contribution is 2.36. The summed E-state index contributed by atoms with van der Waals surface area (Å²) in [5.41, 5.74) is -0.394. The molecule has 0 heterocycles. The Labute approximate surface area is 93.4 Å². The van der Waals surface area contributed by atoms with E-state index < -0.39 is 17.7 Å². The molecule has 0 amide bonds. The van der Waals surface area contributed by atoms with Crippen LogP contribution >= 0.6 is 15.9 Å². The lowest BCUT2D eigenvalue weighted by Crippen LogP contribution is -2.07. The third kappa shape index (κ3) is 2.81. The lowest BCUT2D eigenvalue weighted by atomic mass is 10.0. The van der Waals surface area contributed by atoms with Crippen molar-refractivity contribution in [3.63, 3.8) is 0 Å². The molecule has 0 bridgehead atoms. The highest BCUT2D eigenvalue weighted by atomic mass is 79.9. The molecular formula is C10H8BrF3O. The standard InChI is InChI=1S/C10H8BrF3O/c1-6(5-15)7-2-3-9(11)8(4-7)10(12,13)14/h2-6H,1H3. The van der Waals surface area contributed by atoms with E-state index in [9.17, 15) is 18.0 Å². The molecule has 0 radical (unpaired) electrons. The summed E-state index contributed by atoms with van der Waals surface area (Å²) in [5, 5.41) is 0. The van der Waals surface area contributed by atoms with Crippen molar-refractivity contribution in [2.75, 3.05) is 0 Å². The van der Waals surface area contributed by atoms with E-state index in [1.165, 1.54) is 12.1 Å². The maximum atomic E-state index is 12.5. The number of hydrogen-bond acceptors (Lipinski definition) is 1. The van der Waals surface area contributed by atoms with Gasteiger partial charge in [0.2, 0.25) is 0 Å². The smallest absolute Gasteiger partial charge is 0.303 e. The van der Waals surface area contributed by atoms with E-state index in [4.69, 9.17) is 0 Å². The monoisotopic (exact) mass is 280 g/mol. The molecule has 0 fully saturated rings. The fourth-order valence-electron chi connectivity index (χ4n) is 1.12. The predicted octanol–water partition coefficient (Wildman–Crippen LogP) is 3.77. The largest absolute Gasteiger partial charge is 0.417 e. The molecule has 82 valence electrons. The van der Waals surface area contributed by atoms with Crippen molar-refractivity contribution in [1.82, 2.24) is 0 Å². The second-order valence-electron chi connectivity index (χ2n) is 3.16. The molecule has 1 rings (SSSR count). The summed E-state index contributed by atoms with van der Waals surface area (Å²) in [7, 11) is 0. The normalized spacial score (nSPS) is 13.7. The molecule has 0 aliphatic heterocycles. The Balaban J connectivity index is 3.22. The SMILES string of the molecule is CC(C=O)c1ccc(Br)c(C(F)(F)F)c1. The van der Waals surface area contributed by atoms with Gasteiger partial charge in [-0.25, -0.2) is 0 Å². The van der Waals surface area contributed by atoms with Crippen LogP contribution in [0.5, 0.6) is 0 Å². The second kappa shape index (κ2) is 4.35. The molecule has 5 heteroatoms. The van der Waals surface area contributed by atoms with E-state index in [1.54, 1.807) is 6.92 Å². The van der Waals surface area contributed by atoms with Gasteiger partial charge in [0.25, 0.3) is 0 Å². The minimum atomic E-state index is -4.41. The number of aldehydes is 1. The summed E-state index contributed by atoms with van der Waals surface area (Å²) in [4.78, 5) is 10.5. The predicted molar refractivity (Wildman–Crippen MR) is 53.6 cm³/mol. The van der Waals surface area contributed by atoms with E-state index in [0.29, 0.717) is 11.8 Å². The van der Waals surface area contributed by atoms with Crippen LogP contribution in [-0.4, -0.2) is 6.29 Å². The Morgan fingerprint density at radius 3 is 2.47 bits per heavy atom. The first-order valence-corrected chi connectivity index (χ1v) is 4.97. The zero-order valence-electron chi connectivity index (χ0n) is 7.81. The molecule has 0 aliphatic carbocycles. The number of carbonyl (C=O) groups is 1. The van der Waals surface area contributed by atoms with Crippen molar-refractivity contribution in [2.24, 2.45) is 0 Å². The van der Waals surface area contributed by atoms with Gasteiger partial charge in [0.1, 0.15) is 6.29 Å². The fourth-order valence-corrected chi connectivity index (χ4v) is 1.59. The van der Waals surface area contributed by atoms with Crippen LogP contribution in [0.25, 0.3) is 0 Å². The number of carbonyl (C=O) groups excluding carboxylic acids is 1. The van der Waals surface area contributed by atoms with Gasteiger partial charge in [-0.3, -0.25) is 0 Å². The van der Waals surface area contributed by atoms with Gasteiger partial charge in [0, 0.05) is 10.4 Å². The van der Waals surface area contributed by atoms with Gasteiger partial charge in [0.05, 0.1) is 5.56 Å². The summed E-state index contributed by atoms with van der Waals surface area (Å²) < 4.78 is 37.4. The summed E-state index contributed by atoms with van der Waals surface area (Å²) >= 11 is 2.83. The molecule has 0 saturated carbocycles. The lowest BCUT2D eigenvalue weighted by Gasteiger charge is -2.12. The van der Waals surface area contributed by atoms with Gasteiger partial charge < -0.3 is 4.79 Å². The van der Waals surface area contributed by atoms with E-state index in [0.717, 1.165) is 6.07 Å². The third-order valence-corrected chi connectivity index (χ3v) is 2.72. The van der Waals surface area contributed by atoms with E-state index in [2.05, 4.69) is 15.9 Å². The van der Waals surface area contributed by atoms with Crippen molar-refractivity contribution in [1.29, 1.82) is 0 Å². The maximum Gasteiger partial charge on any atom is 0.417 e. The van der Waals surface area contributed by atoms with Gasteiger partial charge in [-0.15, -0.1) is 0 Å². The summed E-state index contributed by atoms with van der Waals surface area (Å²) in [6, 6.07) is 3.79. The van der Waals surface area contributed by atoms with Crippen molar-refractivity contribution < 1.29 is 18.0 Å². The van der Waals surface area contributed by atoms with Gasteiger partial charge >= 0.3 is 6.18 Å². The van der Waals surface area contributed by atoms with E-state index in [-0.39, 0.29) is 4.47 Å². The topological polar surface area (TPSA) is 17.1 Å². The Morgan fingerprint density at radius 1 is 1.40 bits per heavy atom. The number of rotatable bonds is 2. The Bertz CT molecular complexity index is 373. The van der Waals surface area contributed by atoms with Crippen molar-refractivity contribution in [3.8, 4) is 0 Å². The summed E-state index contributed by atoms with van der Waals surface area (Å²) in [6.45, 7) is 1.55. The molecule has 0 spiro atoms. The van der Waals surface area contributed by atoms with Crippen LogP contribution in [0.2, 0.25) is 0 Å². The molecule has 0 aromatic heterocycles. The van der Waals surface area contributed by atoms with Gasteiger partial charge in [-0.05, 0) is 17.7 Å². The Morgan fingerprint density at radius 2 is 2.00 bits per heavy atom. The molecule has 1 aromatic carbocycles. The van der Waals surface area contributed by atoms with Crippen molar-refractivity contribution in [3.05, 3.63) is 33.8 Å². The van der Waals surface area contributed by atoms with Crippen molar-refractivity contribution in [2.45, 2.75) is 19.0 Å². The average molecular weight is 281 g/mol. The first kappa shape index (κ1) is 12.2. The highest BCUT2D eigenvalue weighted by molar-refractivity contribution is 9.10. The number of hydrogen-bond donors (Lipinski definition) is 0. The summed E-state index contributed by atoms with van der Waals surface area (Å²) in [5.74, 6) is -0.529. The molecule has 1 nitrogen and oxygen atoms in total. The van der Waals surface area contributed by atoms with Crippen LogP contribution in [0.4, 0.5) is 13.2 Å². The molecule has 1 unspecified atom stereocenters. The Hall–Kier alpha value is -0.840. The highest BCUT2D eigenvalue weighted by Gasteiger charge is 2.33. The van der Waals surface area contributed by atoms with Crippen LogP contribution in [0.3, 0.4) is 0 Å². The van der Waals surface area contributed by atoms with E-state index in [1.807, 2.05) is 0 Å². The molecule has 0 N–H and O–H groups in total. The molecule has 15 heavy (non-hydrogen) atoms. The lowest BCUT2D eigenvalue weighted by molar-refractivity contribution is -0.138. The minimum absolute atomic E-state index is 0.0168. The van der Waals surface area contributed by atoms with Crippen LogP contribution < -0.4 is 0 Å². The molecule has 1 atom stereocenters. The van der Waals surface area contributed by atoms with Crippen LogP contribution in [0.15, 0.2) is 22.7 Å². The molecule has 0 aliphatic rings. The maximum absolute atomic E-state index is 12.5. The van der Waals surface area contributed by atoms with Crippen LogP contribution in [-0.2, 0) is 11.0 Å². The van der Waals surface area contributed by atoms with E-state index >= 15 is 0 Å². The quantitative estimate of drug-likeness (QED) is 0.754. The zero-order valence-corrected chi connectivity index (χ0v) is 9.39. The number of alkyl halides is 3. The van der Waals surface area contributed by atoms with Crippen molar-refractivity contribution >= 4 is 22.2 Å². The second-order valence-corrected chi connectivity index (χ2v) is 4.02. The van der Waals surface area contributed by atoms with Gasteiger partial charge in [-0.2, -0.15) is 13.2 Å². The number of benzene rings is 1. The first-order valence-electron chi connectivity index (χ1n) is 4.18. The number of halogens is 4. The van der Waals surface area contributed by atoms with Gasteiger partial charge in [-0.1, -0.05) is 28.9 Å². The Kier molecular flexibility index (Phi) is 3.54. The van der Waals surface area contributed by atoms with Crippen LogP contribution in [0, 0.1) is 0 Å². The van der Waals surface area contributed by atoms with Gasteiger partial charge in [0.15, 0.2) is 0 Å². The zero-order chi connectivity index (χ0) is 11.6. The molecule has 1 aromatic rings. The molecular weight excluding hydrogens is 273 g/mol. The fraction of sp³-hybridized carbons (Fsp3) is 0.300. The average Bonchev–Trinajstić information content (AvgIpc) is 2.15. The summed E-state index contributed by atoms with van der Waals surface area (Å²) in [6.07, 6.45) is -3.79.